The van der Waals surface area contributed by atoms with Crippen molar-refractivity contribution in [3.05, 3.63) is 58.9 Å². The summed E-state index contributed by atoms with van der Waals surface area (Å²) in [5.74, 6) is -3.31. The molecule has 9 heteroatoms. The Morgan fingerprint density at radius 3 is 2.87 bits per heavy atom. The van der Waals surface area contributed by atoms with Crippen LogP contribution in [0.2, 0.25) is 5.02 Å². The molecule has 6 nitrogen and oxygen atoms in total. The molecule has 31 heavy (non-hydrogen) atoms. The molecule has 0 radical (unpaired) electrons. The molecule has 1 aromatic carbocycles. The van der Waals surface area contributed by atoms with Crippen LogP contribution in [0.5, 0.6) is 5.75 Å². The van der Waals surface area contributed by atoms with Crippen molar-refractivity contribution in [3.8, 4) is 5.75 Å². The molecule has 1 aliphatic carbocycles. The lowest BCUT2D eigenvalue weighted by Crippen LogP contribution is -2.53. The number of halogens is 3. The zero-order chi connectivity index (χ0) is 21.6. The van der Waals surface area contributed by atoms with Gasteiger partial charge in [-0.2, -0.15) is 0 Å². The highest BCUT2D eigenvalue weighted by Crippen LogP contribution is 2.49. The SMILES string of the molecule is O=C(c1ccc(OCC2CC2(F)F)c(Cl)c1)N1CC[C@]2(c3ccccn3)OCO[C@@H]2C1. The third-order valence-corrected chi connectivity index (χ3v) is 6.50. The number of benzene rings is 1. The number of nitrogens with zero attached hydrogens (tertiary/aromatic N) is 2. The minimum atomic E-state index is -2.65. The lowest BCUT2D eigenvalue weighted by Gasteiger charge is -2.41. The fraction of sp³-hybridized carbons (Fsp3) is 0.455. The summed E-state index contributed by atoms with van der Waals surface area (Å²) in [6.07, 6.45) is 1.79. The number of likely N-dealkylation sites (tertiary alicyclic amines) is 1. The minimum absolute atomic E-state index is 0.0965. The first-order chi connectivity index (χ1) is 14.9. The number of aromatic nitrogens is 1. The van der Waals surface area contributed by atoms with Gasteiger partial charge in [0.15, 0.2) is 0 Å². The molecule has 2 aromatic rings. The van der Waals surface area contributed by atoms with Crippen LogP contribution in [-0.2, 0) is 15.1 Å². The highest BCUT2D eigenvalue weighted by Gasteiger charge is 2.57. The zero-order valence-corrected chi connectivity index (χ0v) is 17.4. The Balaban J connectivity index is 1.26. The highest BCUT2D eigenvalue weighted by atomic mass is 35.5. The van der Waals surface area contributed by atoms with E-state index in [1.165, 1.54) is 6.07 Å². The summed E-state index contributed by atoms with van der Waals surface area (Å²) in [6, 6.07) is 10.3. The molecule has 3 fully saturated rings. The second kappa shape index (κ2) is 7.69. The van der Waals surface area contributed by atoms with Gasteiger partial charge in [-0.3, -0.25) is 9.78 Å². The molecule has 0 bridgehead atoms. The van der Waals surface area contributed by atoms with Crippen LogP contribution in [0.1, 0.15) is 28.9 Å². The molecule has 2 saturated heterocycles. The Morgan fingerprint density at radius 1 is 1.32 bits per heavy atom. The summed E-state index contributed by atoms with van der Waals surface area (Å²) in [5, 5.41) is 0.218. The van der Waals surface area contributed by atoms with Gasteiger partial charge in [-0.05, 0) is 30.3 Å². The van der Waals surface area contributed by atoms with Crippen LogP contribution < -0.4 is 4.74 Å². The van der Waals surface area contributed by atoms with E-state index < -0.39 is 17.4 Å². The minimum Gasteiger partial charge on any atom is -0.492 e. The van der Waals surface area contributed by atoms with Gasteiger partial charge in [-0.25, -0.2) is 8.78 Å². The van der Waals surface area contributed by atoms with Gasteiger partial charge in [-0.15, -0.1) is 0 Å². The Hall–Kier alpha value is -2.29. The van der Waals surface area contributed by atoms with Crippen LogP contribution in [0.25, 0.3) is 0 Å². The van der Waals surface area contributed by atoms with E-state index in [1.54, 1.807) is 23.2 Å². The first-order valence-corrected chi connectivity index (χ1v) is 10.5. The van der Waals surface area contributed by atoms with Gasteiger partial charge < -0.3 is 19.1 Å². The van der Waals surface area contributed by atoms with E-state index in [4.69, 9.17) is 25.8 Å². The van der Waals surface area contributed by atoms with Gasteiger partial charge >= 0.3 is 0 Å². The maximum atomic E-state index is 13.1. The summed E-state index contributed by atoms with van der Waals surface area (Å²) < 4.78 is 43.2. The average Bonchev–Trinajstić information content (AvgIpc) is 3.18. The number of amides is 1. The molecular formula is C22H21ClF2N2O4. The lowest BCUT2D eigenvalue weighted by molar-refractivity contribution is -0.0470. The van der Waals surface area contributed by atoms with E-state index in [2.05, 4.69) is 4.98 Å². The normalized spacial score (nSPS) is 28.8. The zero-order valence-electron chi connectivity index (χ0n) is 16.6. The summed E-state index contributed by atoms with van der Waals surface area (Å²) >= 11 is 6.24. The number of hydrogen-bond donors (Lipinski definition) is 0. The first kappa shape index (κ1) is 20.6. The van der Waals surface area contributed by atoms with Gasteiger partial charge in [0.1, 0.15) is 24.2 Å². The number of alkyl halides is 2. The summed E-state index contributed by atoms with van der Waals surface area (Å²) in [4.78, 5) is 19.2. The molecule has 1 amide bonds. The third-order valence-electron chi connectivity index (χ3n) is 6.21. The van der Waals surface area contributed by atoms with Crippen LogP contribution in [0, 0.1) is 5.92 Å². The quantitative estimate of drug-likeness (QED) is 0.691. The standard InChI is InChI=1S/C22H21ClF2N2O4/c23-16-9-14(4-5-17(16)29-12-15-10-22(15,24)25)20(28)27-8-6-21(18-3-1-2-7-26-18)19(11-27)30-13-31-21/h1-5,7,9,15,19H,6,8,10-13H2/t15?,19-,21-/m1/s1. The van der Waals surface area contributed by atoms with Crippen molar-refractivity contribution >= 4 is 17.5 Å². The maximum Gasteiger partial charge on any atom is 0.255 e. The first-order valence-electron chi connectivity index (χ1n) is 10.2. The van der Waals surface area contributed by atoms with E-state index in [0.717, 1.165) is 5.69 Å². The molecule has 3 atom stereocenters. The van der Waals surface area contributed by atoms with E-state index in [1.807, 2.05) is 18.2 Å². The second-order valence-electron chi connectivity index (χ2n) is 8.14. The number of carbonyl (C=O) groups is 1. The number of pyridine rings is 1. The number of fused-ring (bicyclic) bond motifs is 1. The Bertz CT molecular complexity index is 993. The number of hydrogen-bond acceptors (Lipinski definition) is 5. The van der Waals surface area contributed by atoms with Crippen LogP contribution in [0.4, 0.5) is 8.78 Å². The smallest absolute Gasteiger partial charge is 0.255 e. The predicted octanol–water partition coefficient (Wildman–Crippen LogP) is 3.88. The average molecular weight is 451 g/mol. The molecule has 1 saturated carbocycles. The van der Waals surface area contributed by atoms with Crippen LogP contribution in [-0.4, -0.2) is 54.3 Å². The van der Waals surface area contributed by atoms with Crippen molar-refractivity contribution in [2.45, 2.75) is 30.5 Å². The number of ether oxygens (including phenoxy) is 3. The number of rotatable bonds is 5. The molecule has 1 aromatic heterocycles. The topological polar surface area (TPSA) is 60.9 Å². The summed E-state index contributed by atoms with van der Waals surface area (Å²) in [7, 11) is 0. The Morgan fingerprint density at radius 2 is 2.16 bits per heavy atom. The molecule has 164 valence electrons. The van der Waals surface area contributed by atoms with Gasteiger partial charge in [0.25, 0.3) is 11.8 Å². The maximum absolute atomic E-state index is 13.1. The monoisotopic (exact) mass is 450 g/mol. The fourth-order valence-electron chi connectivity index (χ4n) is 4.21. The Kier molecular flexibility index (Phi) is 5.11. The van der Waals surface area contributed by atoms with Crippen molar-refractivity contribution in [2.75, 3.05) is 26.5 Å². The van der Waals surface area contributed by atoms with E-state index >= 15 is 0 Å². The number of piperidine rings is 1. The van der Waals surface area contributed by atoms with Crippen molar-refractivity contribution in [3.63, 3.8) is 0 Å². The van der Waals surface area contributed by atoms with Crippen molar-refractivity contribution in [1.29, 1.82) is 0 Å². The van der Waals surface area contributed by atoms with Gasteiger partial charge in [0, 0.05) is 31.1 Å². The summed E-state index contributed by atoms with van der Waals surface area (Å²) in [5.41, 5.74) is 0.548. The molecule has 3 aliphatic rings. The highest BCUT2D eigenvalue weighted by molar-refractivity contribution is 6.32. The number of carbonyl (C=O) groups excluding carboxylic acids is 1. The molecule has 1 unspecified atom stereocenters. The molecule has 0 spiro atoms. The molecule has 3 heterocycles. The van der Waals surface area contributed by atoms with E-state index in [0.29, 0.717) is 30.8 Å². The van der Waals surface area contributed by atoms with Crippen LogP contribution >= 0.6 is 11.6 Å². The van der Waals surface area contributed by atoms with Gasteiger partial charge in [0.05, 0.1) is 29.8 Å². The second-order valence-corrected chi connectivity index (χ2v) is 8.55. The van der Waals surface area contributed by atoms with Crippen molar-refractivity contribution in [1.82, 2.24) is 9.88 Å². The van der Waals surface area contributed by atoms with Gasteiger partial charge in [0.2, 0.25) is 0 Å². The summed E-state index contributed by atoms with van der Waals surface area (Å²) in [6.45, 7) is 0.895. The van der Waals surface area contributed by atoms with Crippen molar-refractivity contribution < 1.29 is 27.8 Å². The van der Waals surface area contributed by atoms with Crippen LogP contribution in [0.15, 0.2) is 42.6 Å². The fourth-order valence-corrected chi connectivity index (χ4v) is 4.45. The van der Waals surface area contributed by atoms with E-state index in [-0.39, 0.29) is 36.9 Å². The predicted molar refractivity (Wildman–Crippen MR) is 107 cm³/mol. The molecule has 0 N–H and O–H groups in total. The molecular weight excluding hydrogens is 430 g/mol. The largest absolute Gasteiger partial charge is 0.492 e. The Labute approximate surface area is 183 Å². The third kappa shape index (κ3) is 3.77. The van der Waals surface area contributed by atoms with Crippen molar-refractivity contribution in [2.24, 2.45) is 5.92 Å². The van der Waals surface area contributed by atoms with Crippen LogP contribution in [0.3, 0.4) is 0 Å². The van der Waals surface area contributed by atoms with Gasteiger partial charge in [-0.1, -0.05) is 17.7 Å². The molecule has 2 aliphatic heterocycles. The van der Waals surface area contributed by atoms with E-state index in [9.17, 15) is 13.6 Å². The molecule has 5 rings (SSSR count). The lowest BCUT2D eigenvalue weighted by atomic mass is 9.85.